The van der Waals surface area contributed by atoms with E-state index in [0.29, 0.717) is 5.56 Å². The molecule has 0 N–H and O–H groups in total. The number of nitrogens with zero attached hydrogens (tertiary/aromatic N) is 2. The van der Waals surface area contributed by atoms with Crippen LogP contribution in [-0.2, 0) is 0 Å². The third-order valence-corrected chi connectivity index (χ3v) is 9.44. The van der Waals surface area contributed by atoms with E-state index in [0.717, 1.165) is 49.8 Å². The van der Waals surface area contributed by atoms with Crippen LogP contribution < -0.4 is 0 Å². The summed E-state index contributed by atoms with van der Waals surface area (Å²) in [6.07, 6.45) is 0. The van der Waals surface area contributed by atoms with E-state index in [1.54, 1.807) is 0 Å². The minimum absolute atomic E-state index is 0.639. The molecule has 0 spiro atoms. The standard InChI is InChI=1S/C37H20N2OS/c38-21-23-8-7-12-24(22-16-19-33-30(20-22)26-10-2-5-14-32(26)40-33)35(23)39-31-13-4-1-9-25(31)28-17-18-29-27-11-3-6-15-34(27)41-37(29)36(28)39/h1-20H. The van der Waals surface area contributed by atoms with E-state index in [4.69, 9.17) is 4.42 Å². The number of nitriles is 1. The minimum atomic E-state index is 0.639. The van der Waals surface area contributed by atoms with Gasteiger partial charge in [-0.1, -0.05) is 84.9 Å². The number of hydrogen-bond acceptors (Lipinski definition) is 3. The number of para-hydroxylation sites is 3. The molecular formula is C37H20N2OS. The zero-order chi connectivity index (χ0) is 27.1. The van der Waals surface area contributed by atoms with Gasteiger partial charge in [0.05, 0.1) is 27.0 Å². The number of hydrogen-bond donors (Lipinski definition) is 0. The lowest BCUT2D eigenvalue weighted by atomic mass is 9.98. The summed E-state index contributed by atoms with van der Waals surface area (Å²) in [5.41, 5.74) is 7.56. The Hall–Kier alpha value is -5.37. The molecule has 190 valence electrons. The Morgan fingerprint density at radius 2 is 1.37 bits per heavy atom. The molecule has 0 unspecified atom stereocenters. The highest BCUT2D eigenvalue weighted by Gasteiger charge is 2.22. The van der Waals surface area contributed by atoms with Crippen molar-refractivity contribution in [2.45, 2.75) is 0 Å². The normalized spacial score (nSPS) is 11.9. The molecule has 0 amide bonds. The Kier molecular flexibility index (Phi) is 4.55. The second-order valence-corrected chi connectivity index (χ2v) is 11.5. The van der Waals surface area contributed by atoms with Crippen LogP contribution in [0.1, 0.15) is 5.56 Å². The molecule has 0 aliphatic rings. The van der Waals surface area contributed by atoms with E-state index in [9.17, 15) is 5.26 Å². The quantitative estimate of drug-likeness (QED) is 0.219. The van der Waals surface area contributed by atoms with Gasteiger partial charge in [-0.3, -0.25) is 0 Å². The number of thiophene rings is 1. The van der Waals surface area contributed by atoms with Gasteiger partial charge < -0.3 is 8.98 Å². The van der Waals surface area contributed by atoms with Crippen LogP contribution in [0.3, 0.4) is 0 Å². The lowest BCUT2D eigenvalue weighted by molar-refractivity contribution is 0.669. The Morgan fingerprint density at radius 3 is 2.27 bits per heavy atom. The van der Waals surface area contributed by atoms with E-state index in [1.165, 1.54) is 30.9 Å². The monoisotopic (exact) mass is 540 g/mol. The van der Waals surface area contributed by atoms with E-state index in [-0.39, 0.29) is 0 Å². The van der Waals surface area contributed by atoms with Gasteiger partial charge in [-0.05, 0) is 42.0 Å². The molecule has 0 atom stereocenters. The summed E-state index contributed by atoms with van der Waals surface area (Å²) in [5, 5.41) is 17.5. The van der Waals surface area contributed by atoms with Gasteiger partial charge in [-0.2, -0.15) is 5.26 Å². The maximum Gasteiger partial charge on any atom is 0.135 e. The van der Waals surface area contributed by atoms with Crippen LogP contribution in [0.5, 0.6) is 0 Å². The van der Waals surface area contributed by atoms with Gasteiger partial charge in [0.25, 0.3) is 0 Å². The highest BCUT2D eigenvalue weighted by molar-refractivity contribution is 7.26. The number of fused-ring (bicyclic) bond motifs is 10. The predicted molar refractivity (Wildman–Crippen MR) is 171 cm³/mol. The van der Waals surface area contributed by atoms with Crippen molar-refractivity contribution in [3.8, 4) is 22.9 Å². The molecule has 0 radical (unpaired) electrons. The molecule has 3 nitrogen and oxygen atoms in total. The van der Waals surface area contributed by atoms with Crippen molar-refractivity contribution in [1.29, 1.82) is 5.26 Å². The average Bonchev–Trinajstić information content (AvgIpc) is 3.69. The van der Waals surface area contributed by atoms with Gasteiger partial charge in [-0.15, -0.1) is 11.3 Å². The molecule has 0 saturated carbocycles. The number of aromatic nitrogens is 1. The van der Waals surface area contributed by atoms with Gasteiger partial charge in [-0.25, -0.2) is 0 Å². The van der Waals surface area contributed by atoms with Crippen molar-refractivity contribution >= 4 is 75.3 Å². The Bertz CT molecular complexity index is 2560. The molecule has 0 fully saturated rings. The van der Waals surface area contributed by atoms with Crippen LogP contribution >= 0.6 is 11.3 Å². The summed E-state index contributed by atoms with van der Waals surface area (Å²) in [6, 6.07) is 44.7. The fourth-order valence-electron chi connectivity index (χ4n) is 6.46. The molecule has 3 heterocycles. The fraction of sp³-hybridized carbons (Fsp3) is 0. The molecule has 4 heteroatoms. The summed E-state index contributed by atoms with van der Waals surface area (Å²) in [5.74, 6) is 0. The van der Waals surface area contributed by atoms with E-state index < -0.39 is 0 Å². The topological polar surface area (TPSA) is 41.9 Å². The summed E-state index contributed by atoms with van der Waals surface area (Å²) in [6.45, 7) is 0. The molecular weight excluding hydrogens is 520 g/mol. The smallest absolute Gasteiger partial charge is 0.135 e. The highest BCUT2D eigenvalue weighted by Crippen LogP contribution is 2.45. The van der Waals surface area contributed by atoms with Gasteiger partial charge in [0.1, 0.15) is 17.2 Å². The second-order valence-electron chi connectivity index (χ2n) is 10.4. The lowest BCUT2D eigenvalue weighted by Gasteiger charge is -2.16. The third kappa shape index (κ3) is 3.07. The van der Waals surface area contributed by atoms with E-state index >= 15 is 0 Å². The van der Waals surface area contributed by atoms with E-state index in [1.807, 2.05) is 47.7 Å². The Labute approximate surface area is 238 Å². The summed E-state index contributed by atoms with van der Waals surface area (Å²) in [7, 11) is 0. The fourth-order valence-corrected chi connectivity index (χ4v) is 7.70. The maximum absolute atomic E-state index is 10.5. The molecule has 9 rings (SSSR count). The van der Waals surface area contributed by atoms with Crippen LogP contribution in [0.15, 0.2) is 126 Å². The largest absolute Gasteiger partial charge is 0.456 e. The maximum atomic E-state index is 10.5. The summed E-state index contributed by atoms with van der Waals surface area (Å²) < 4.78 is 10.9. The first-order valence-electron chi connectivity index (χ1n) is 13.6. The van der Waals surface area contributed by atoms with Crippen molar-refractivity contribution in [3.63, 3.8) is 0 Å². The Balaban J connectivity index is 1.45. The number of benzene rings is 6. The molecule has 0 saturated heterocycles. The first-order valence-corrected chi connectivity index (χ1v) is 14.4. The minimum Gasteiger partial charge on any atom is -0.456 e. The van der Waals surface area contributed by atoms with Crippen LogP contribution in [0.2, 0.25) is 0 Å². The molecule has 0 bridgehead atoms. The van der Waals surface area contributed by atoms with Crippen molar-refractivity contribution in [2.24, 2.45) is 0 Å². The molecule has 3 aromatic heterocycles. The predicted octanol–water partition coefficient (Wildman–Crippen LogP) is 10.6. The number of rotatable bonds is 2. The van der Waals surface area contributed by atoms with Crippen LogP contribution in [0, 0.1) is 11.3 Å². The third-order valence-electron chi connectivity index (χ3n) is 8.25. The van der Waals surface area contributed by atoms with Gasteiger partial charge in [0, 0.05) is 42.6 Å². The lowest BCUT2D eigenvalue weighted by Crippen LogP contribution is -2.01. The van der Waals surface area contributed by atoms with Gasteiger partial charge >= 0.3 is 0 Å². The second kappa shape index (κ2) is 8.32. The van der Waals surface area contributed by atoms with Crippen LogP contribution in [0.25, 0.3) is 80.7 Å². The summed E-state index contributed by atoms with van der Waals surface area (Å²) in [4.78, 5) is 0. The van der Waals surface area contributed by atoms with Crippen molar-refractivity contribution in [2.75, 3.05) is 0 Å². The highest BCUT2D eigenvalue weighted by atomic mass is 32.1. The van der Waals surface area contributed by atoms with Gasteiger partial charge in [0.15, 0.2) is 0 Å². The molecule has 6 aromatic carbocycles. The van der Waals surface area contributed by atoms with Crippen LogP contribution in [-0.4, -0.2) is 4.57 Å². The average molecular weight is 541 g/mol. The molecule has 0 aliphatic carbocycles. The van der Waals surface area contributed by atoms with Crippen LogP contribution in [0.4, 0.5) is 0 Å². The first kappa shape index (κ1) is 22.4. The van der Waals surface area contributed by atoms with Gasteiger partial charge in [0.2, 0.25) is 0 Å². The zero-order valence-electron chi connectivity index (χ0n) is 21.8. The van der Waals surface area contributed by atoms with Crippen molar-refractivity contribution in [1.82, 2.24) is 4.57 Å². The zero-order valence-corrected chi connectivity index (χ0v) is 22.6. The molecule has 0 aliphatic heterocycles. The summed E-state index contributed by atoms with van der Waals surface area (Å²) >= 11 is 1.82. The van der Waals surface area contributed by atoms with Crippen molar-refractivity contribution < 1.29 is 4.42 Å². The SMILES string of the molecule is N#Cc1cccc(-c2ccc3oc4ccccc4c3c2)c1-n1c2ccccc2c2ccc3c4ccccc4sc3c21. The molecule has 9 aromatic rings. The van der Waals surface area contributed by atoms with E-state index in [2.05, 4.69) is 95.6 Å². The molecule has 41 heavy (non-hydrogen) atoms. The van der Waals surface area contributed by atoms with Crippen molar-refractivity contribution in [3.05, 3.63) is 127 Å². The Morgan fingerprint density at radius 1 is 0.610 bits per heavy atom. The number of furan rings is 1. The first-order chi connectivity index (χ1) is 20.3.